The van der Waals surface area contributed by atoms with Crippen molar-refractivity contribution in [2.24, 2.45) is 0 Å². The van der Waals surface area contributed by atoms with Gasteiger partial charge in [-0.1, -0.05) is 42.8 Å². The van der Waals surface area contributed by atoms with E-state index < -0.39 is 0 Å². The third-order valence-corrected chi connectivity index (χ3v) is 6.00. The molecular weight excluding hydrogens is 365 g/mol. The molecule has 1 fully saturated rings. The highest BCUT2D eigenvalue weighted by Crippen LogP contribution is 2.25. The van der Waals surface area contributed by atoms with Crippen LogP contribution in [0.15, 0.2) is 48.5 Å². The Bertz CT molecular complexity index is 975. The van der Waals surface area contributed by atoms with Gasteiger partial charge in [-0.05, 0) is 48.2 Å². The molecule has 1 atom stereocenters. The topological polar surface area (TPSA) is 46.0 Å². The average Bonchev–Trinajstić information content (AvgIpc) is 3.18. The van der Waals surface area contributed by atoms with Gasteiger partial charge in [0, 0.05) is 19.6 Å². The molecule has 0 saturated carbocycles. The minimum absolute atomic E-state index is 0.202. The zero-order chi connectivity index (χ0) is 19.6. The predicted molar refractivity (Wildman–Crippen MR) is 111 cm³/mol. The summed E-state index contributed by atoms with van der Waals surface area (Å²) in [6.07, 6.45) is 3.67. The molecule has 5 rings (SSSR count). The van der Waals surface area contributed by atoms with Gasteiger partial charge in [-0.25, -0.2) is 4.39 Å². The molecule has 150 valence electrons. The van der Waals surface area contributed by atoms with E-state index in [1.54, 1.807) is 12.1 Å². The number of fused-ring (bicyclic) bond motifs is 1. The van der Waals surface area contributed by atoms with Crippen molar-refractivity contribution in [3.05, 3.63) is 71.6 Å². The van der Waals surface area contributed by atoms with E-state index in [9.17, 15) is 4.39 Å². The molecule has 0 spiro atoms. The SMILES string of the molecule is Fc1cccc(-c2ccc(CN3CCn4c(nnc4[C@H]4CCCCN4)C3)cc2)c1. The fourth-order valence-electron chi connectivity index (χ4n) is 4.42. The van der Waals surface area contributed by atoms with Crippen LogP contribution in [0, 0.1) is 5.82 Å². The number of aromatic nitrogens is 3. The van der Waals surface area contributed by atoms with Crippen LogP contribution in [0.4, 0.5) is 4.39 Å². The highest BCUT2D eigenvalue weighted by molar-refractivity contribution is 5.63. The Kier molecular flexibility index (Phi) is 5.12. The molecule has 0 radical (unpaired) electrons. The molecular formula is C23H26FN5. The van der Waals surface area contributed by atoms with Crippen molar-refractivity contribution in [3.8, 4) is 11.1 Å². The third-order valence-electron chi connectivity index (χ3n) is 6.00. The van der Waals surface area contributed by atoms with Crippen molar-refractivity contribution in [2.45, 2.75) is 44.9 Å². The van der Waals surface area contributed by atoms with Crippen LogP contribution in [0.5, 0.6) is 0 Å². The lowest BCUT2D eigenvalue weighted by Crippen LogP contribution is -2.36. The normalized spacial score (nSPS) is 19.8. The van der Waals surface area contributed by atoms with Crippen LogP contribution in [0.2, 0.25) is 0 Å². The van der Waals surface area contributed by atoms with Gasteiger partial charge in [0.2, 0.25) is 0 Å². The second-order valence-electron chi connectivity index (χ2n) is 8.05. The Labute approximate surface area is 170 Å². The van der Waals surface area contributed by atoms with E-state index in [1.165, 1.54) is 24.5 Å². The summed E-state index contributed by atoms with van der Waals surface area (Å²) in [6.45, 7) is 4.72. The number of piperidine rings is 1. The van der Waals surface area contributed by atoms with Gasteiger partial charge in [-0.3, -0.25) is 4.90 Å². The lowest BCUT2D eigenvalue weighted by atomic mass is 10.0. The van der Waals surface area contributed by atoms with Crippen LogP contribution in [0.3, 0.4) is 0 Å². The van der Waals surface area contributed by atoms with Crippen LogP contribution < -0.4 is 5.32 Å². The van der Waals surface area contributed by atoms with Crippen LogP contribution in [-0.4, -0.2) is 32.8 Å². The first kappa shape index (κ1) is 18.5. The fourth-order valence-corrected chi connectivity index (χ4v) is 4.42. The van der Waals surface area contributed by atoms with Crippen LogP contribution >= 0.6 is 0 Å². The van der Waals surface area contributed by atoms with E-state index >= 15 is 0 Å². The molecule has 1 N–H and O–H groups in total. The maximum absolute atomic E-state index is 13.5. The second-order valence-corrected chi connectivity index (χ2v) is 8.05. The summed E-state index contributed by atoms with van der Waals surface area (Å²) in [4.78, 5) is 2.42. The summed E-state index contributed by atoms with van der Waals surface area (Å²) in [5.41, 5.74) is 3.20. The van der Waals surface area contributed by atoms with Gasteiger partial charge in [0.25, 0.3) is 0 Å². The van der Waals surface area contributed by atoms with Gasteiger partial charge in [0.1, 0.15) is 17.5 Å². The molecule has 5 nitrogen and oxygen atoms in total. The Hall–Kier alpha value is -2.57. The number of nitrogens with one attached hydrogen (secondary N) is 1. The van der Waals surface area contributed by atoms with Gasteiger partial charge < -0.3 is 9.88 Å². The minimum atomic E-state index is -0.202. The van der Waals surface area contributed by atoms with E-state index in [1.807, 2.05) is 6.07 Å². The predicted octanol–water partition coefficient (Wildman–Crippen LogP) is 3.91. The summed E-state index contributed by atoms with van der Waals surface area (Å²) in [5, 5.41) is 12.6. The zero-order valence-corrected chi connectivity index (χ0v) is 16.5. The quantitative estimate of drug-likeness (QED) is 0.732. The Morgan fingerprint density at radius 1 is 1.00 bits per heavy atom. The molecule has 6 heteroatoms. The summed E-state index contributed by atoms with van der Waals surface area (Å²) in [7, 11) is 0. The second kappa shape index (κ2) is 8.05. The van der Waals surface area contributed by atoms with Gasteiger partial charge in [0.15, 0.2) is 0 Å². The standard InChI is InChI=1S/C23H26FN5/c24-20-5-3-4-19(14-20)18-9-7-17(8-10-18)15-28-12-13-29-22(16-28)26-27-23(29)21-6-1-2-11-25-21/h3-5,7-10,14,21,25H,1-2,6,11-13,15-16H2/t21-/m1/s1. The molecule has 2 aliphatic rings. The van der Waals surface area contributed by atoms with E-state index in [0.29, 0.717) is 6.04 Å². The summed E-state index contributed by atoms with van der Waals surface area (Å²) in [6, 6.07) is 15.5. The van der Waals surface area contributed by atoms with Gasteiger partial charge >= 0.3 is 0 Å². The van der Waals surface area contributed by atoms with E-state index in [-0.39, 0.29) is 5.82 Å². The van der Waals surface area contributed by atoms with Crippen LogP contribution in [0.25, 0.3) is 11.1 Å². The number of benzene rings is 2. The molecule has 0 bridgehead atoms. The monoisotopic (exact) mass is 391 g/mol. The number of nitrogens with zero attached hydrogens (tertiary/aromatic N) is 4. The van der Waals surface area contributed by atoms with Gasteiger partial charge in [0.05, 0.1) is 12.6 Å². The smallest absolute Gasteiger partial charge is 0.150 e. The van der Waals surface area contributed by atoms with Crippen molar-refractivity contribution in [1.29, 1.82) is 0 Å². The first-order chi connectivity index (χ1) is 14.3. The van der Waals surface area contributed by atoms with Crippen molar-refractivity contribution in [2.75, 3.05) is 13.1 Å². The van der Waals surface area contributed by atoms with Crippen molar-refractivity contribution < 1.29 is 4.39 Å². The number of rotatable bonds is 4. The molecule has 0 amide bonds. The molecule has 3 aromatic rings. The molecule has 0 aliphatic carbocycles. The summed E-state index contributed by atoms with van der Waals surface area (Å²) < 4.78 is 15.8. The average molecular weight is 391 g/mol. The molecule has 0 unspecified atom stereocenters. The number of halogens is 1. The van der Waals surface area contributed by atoms with Gasteiger partial charge in [-0.15, -0.1) is 10.2 Å². The van der Waals surface area contributed by atoms with Crippen LogP contribution in [-0.2, 0) is 19.6 Å². The minimum Gasteiger partial charge on any atom is -0.311 e. The molecule has 1 aromatic heterocycles. The maximum Gasteiger partial charge on any atom is 0.150 e. The molecule has 3 heterocycles. The molecule has 1 saturated heterocycles. The van der Waals surface area contributed by atoms with Crippen molar-refractivity contribution >= 4 is 0 Å². The Morgan fingerprint density at radius 3 is 2.69 bits per heavy atom. The number of hydrogen-bond donors (Lipinski definition) is 1. The Balaban J connectivity index is 1.25. The summed E-state index contributed by atoms with van der Waals surface area (Å²) in [5.74, 6) is 1.97. The first-order valence-corrected chi connectivity index (χ1v) is 10.5. The van der Waals surface area contributed by atoms with Crippen molar-refractivity contribution in [1.82, 2.24) is 25.0 Å². The number of hydrogen-bond acceptors (Lipinski definition) is 4. The first-order valence-electron chi connectivity index (χ1n) is 10.5. The molecule has 29 heavy (non-hydrogen) atoms. The maximum atomic E-state index is 13.5. The highest BCUT2D eigenvalue weighted by Gasteiger charge is 2.26. The zero-order valence-electron chi connectivity index (χ0n) is 16.5. The lowest BCUT2D eigenvalue weighted by molar-refractivity contribution is 0.204. The Morgan fingerprint density at radius 2 is 1.90 bits per heavy atom. The van der Waals surface area contributed by atoms with E-state index in [4.69, 9.17) is 0 Å². The third kappa shape index (κ3) is 3.95. The highest BCUT2D eigenvalue weighted by atomic mass is 19.1. The van der Waals surface area contributed by atoms with Gasteiger partial charge in [-0.2, -0.15) is 0 Å². The molecule has 2 aliphatic heterocycles. The largest absolute Gasteiger partial charge is 0.311 e. The molecule has 2 aromatic carbocycles. The fraction of sp³-hybridized carbons (Fsp3) is 0.391. The van der Waals surface area contributed by atoms with E-state index in [0.717, 1.165) is 61.9 Å². The lowest BCUT2D eigenvalue weighted by Gasteiger charge is -2.30. The summed E-state index contributed by atoms with van der Waals surface area (Å²) >= 11 is 0. The van der Waals surface area contributed by atoms with E-state index in [2.05, 4.69) is 49.2 Å². The van der Waals surface area contributed by atoms with Crippen molar-refractivity contribution in [3.63, 3.8) is 0 Å². The van der Waals surface area contributed by atoms with Crippen LogP contribution in [0.1, 0.15) is 42.5 Å².